The van der Waals surface area contributed by atoms with Crippen LogP contribution >= 0.6 is 0 Å². The van der Waals surface area contributed by atoms with Gasteiger partial charge in [-0.25, -0.2) is 4.98 Å². The Bertz CT molecular complexity index is 447. The summed E-state index contributed by atoms with van der Waals surface area (Å²) in [5, 5.41) is 11.7. The smallest absolute Gasteiger partial charge is 0.291 e. The predicted molar refractivity (Wildman–Crippen MR) is 70.7 cm³/mol. The molecule has 1 heterocycles. The molecule has 7 heteroatoms. The van der Waals surface area contributed by atoms with Gasteiger partial charge in [-0.2, -0.15) is 0 Å². The van der Waals surface area contributed by atoms with Crippen LogP contribution in [0.5, 0.6) is 0 Å². The predicted octanol–water partition coefficient (Wildman–Crippen LogP) is 0.358. The lowest BCUT2D eigenvalue weighted by Gasteiger charge is -2.12. The maximum Gasteiger partial charge on any atom is 0.291 e. The van der Waals surface area contributed by atoms with Gasteiger partial charge in [0.2, 0.25) is 11.7 Å². The molecule has 1 aromatic heterocycles. The number of aromatic amines is 1. The molecule has 0 atom stereocenters. The summed E-state index contributed by atoms with van der Waals surface area (Å²) in [6.45, 7) is 8.39. The van der Waals surface area contributed by atoms with E-state index >= 15 is 0 Å². The van der Waals surface area contributed by atoms with Crippen molar-refractivity contribution in [2.24, 2.45) is 0 Å². The Hall–Kier alpha value is -1.92. The van der Waals surface area contributed by atoms with Crippen molar-refractivity contribution in [3.63, 3.8) is 0 Å². The van der Waals surface area contributed by atoms with Crippen LogP contribution in [0.15, 0.2) is 0 Å². The van der Waals surface area contributed by atoms with E-state index in [4.69, 9.17) is 0 Å². The SMILES string of the molecule is CCCNC(=O)CNC(=O)c1n[nH]c(C(C)(C)C)n1. The second kappa shape index (κ2) is 6.31. The average Bonchev–Trinajstić information content (AvgIpc) is 2.82. The summed E-state index contributed by atoms with van der Waals surface area (Å²) in [6.07, 6.45) is 0.857. The van der Waals surface area contributed by atoms with E-state index in [0.29, 0.717) is 12.4 Å². The van der Waals surface area contributed by atoms with Crippen molar-refractivity contribution in [1.82, 2.24) is 25.8 Å². The molecule has 0 radical (unpaired) electrons. The maximum atomic E-state index is 11.7. The first-order chi connectivity index (χ1) is 8.84. The van der Waals surface area contributed by atoms with E-state index in [1.807, 2.05) is 27.7 Å². The molecule has 2 amide bonds. The number of rotatable bonds is 5. The molecule has 0 spiro atoms. The van der Waals surface area contributed by atoms with Crippen molar-refractivity contribution in [1.29, 1.82) is 0 Å². The number of hydrogen-bond acceptors (Lipinski definition) is 4. The highest BCUT2D eigenvalue weighted by atomic mass is 16.2. The van der Waals surface area contributed by atoms with Crippen LogP contribution in [0.3, 0.4) is 0 Å². The number of H-pyrrole nitrogens is 1. The van der Waals surface area contributed by atoms with Crippen LogP contribution in [0.25, 0.3) is 0 Å². The van der Waals surface area contributed by atoms with Crippen molar-refractivity contribution in [3.05, 3.63) is 11.6 Å². The molecule has 0 aromatic carbocycles. The monoisotopic (exact) mass is 267 g/mol. The highest BCUT2D eigenvalue weighted by Crippen LogP contribution is 2.17. The third-order valence-corrected chi connectivity index (χ3v) is 2.38. The normalized spacial score (nSPS) is 11.2. The van der Waals surface area contributed by atoms with Crippen LogP contribution in [0.1, 0.15) is 50.6 Å². The fraction of sp³-hybridized carbons (Fsp3) is 0.667. The molecule has 0 saturated heterocycles. The van der Waals surface area contributed by atoms with Gasteiger partial charge in [-0.3, -0.25) is 14.7 Å². The Labute approximate surface area is 112 Å². The Morgan fingerprint density at radius 2 is 1.95 bits per heavy atom. The van der Waals surface area contributed by atoms with Gasteiger partial charge >= 0.3 is 0 Å². The maximum absolute atomic E-state index is 11.7. The Morgan fingerprint density at radius 1 is 1.26 bits per heavy atom. The third-order valence-electron chi connectivity index (χ3n) is 2.38. The van der Waals surface area contributed by atoms with Crippen LogP contribution in [0.2, 0.25) is 0 Å². The lowest BCUT2D eigenvalue weighted by atomic mass is 9.96. The molecule has 1 rings (SSSR count). The summed E-state index contributed by atoms with van der Waals surface area (Å²) in [7, 11) is 0. The first kappa shape index (κ1) is 15.1. The first-order valence-corrected chi connectivity index (χ1v) is 6.32. The largest absolute Gasteiger partial charge is 0.355 e. The van der Waals surface area contributed by atoms with Crippen molar-refractivity contribution in [2.75, 3.05) is 13.1 Å². The van der Waals surface area contributed by atoms with Crippen LogP contribution < -0.4 is 10.6 Å². The number of carbonyl (C=O) groups is 2. The molecule has 0 aliphatic heterocycles. The minimum Gasteiger partial charge on any atom is -0.355 e. The van der Waals surface area contributed by atoms with Gasteiger partial charge in [0.1, 0.15) is 5.82 Å². The van der Waals surface area contributed by atoms with Crippen molar-refractivity contribution < 1.29 is 9.59 Å². The van der Waals surface area contributed by atoms with E-state index < -0.39 is 5.91 Å². The third kappa shape index (κ3) is 4.69. The van der Waals surface area contributed by atoms with Gasteiger partial charge in [-0.05, 0) is 6.42 Å². The van der Waals surface area contributed by atoms with Crippen LogP contribution in [-0.2, 0) is 10.2 Å². The standard InChI is InChI=1S/C12H21N5O2/c1-5-6-13-8(18)7-14-10(19)9-15-11(17-16-9)12(2,3)4/h5-7H2,1-4H3,(H,13,18)(H,14,19)(H,15,16,17). The topological polar surface area (TPSA) is 99.8 Å². The molecule has 0 aliphatic carbocycles. The molecule has 7 nitrogen and oxygen atoms in total. The fourth-order valence-corrected chi connectivity index (χ4v) is 1.27. The molecular formula is C12H21N5O2. The minimum atomic E-state index is -0.460. The van der Waals surface area contributed by atoms with E-state index in [0.717, 1.165) is 6.42 Å². The van der Waals surface area contributed by atoms with Gasteiger partial charge < -0.3 is 10.6 Å². The van der Waals surface area contributed by atoms with Gasteiger partial charge in [0.05, 0.1) is 6.54 Å². The second-order valence-electron chi connectivity index (χ2n) is 5.29. The van der Waals surface area contributed by atoms with Crippen molar-refractivity contribution >= 4 is 11.8 Å². The van der Waals surface area contributed by atoms with Gasteiger partial charge in [0.25, 0.3) is 5.91 Å². The molecule has 0 fully saturated rings. The van der Waals surface area contributed by atoms with Crippen LogP contribution in [0, 0.1) is 0 Å². The molecular weight excluding hydrogens is 246 g/mol. The van der Waals surface area contributed by atoms with Gasteiger partial charge in [-0.15, -0.1) is 5.10 Å². The zero-order valence-corrected chi connectivity index (χ0v) is 11.8. The summed E-state index contributed by atoms with van der Waals surface area (Å²) in [5.41, 5.74) is -0.204. The van der Waals surface area contributed by atoms with E-state index in [1.54, 1.807) is 0 Å². The van der Waals surface area contributed by atoms with Crippen LogP contribution in [0.4, 0.5) is 0 Å². The Morgan fingerprint density at radius 3 is 2.47 bits per heavy atom. The van der Waals surface area contributed by atoms with Crippen molar-refractivity contribution in [3.8, 4) is 0 Å². The van der Waals surface area contributed by atoms with E-state index in [-0.39, 0.29) is 23.7 Å². The summed E-state index contributed by atoms with van der Waals surface area (Å²) in [4.78, 5) is 27.2. The number of hydrogen-bond donors (Lipinski definition) is 3. The number of nitrogens with one attached hydrogen (secondary N) is 3. The average molecular weight is 267 g/mol. The molecule has 0 saturated carbocycles. The molecule has 0 bridgehead atoms. The first-order valence-electron chi connectivity index (χ1n) is 6.32. The molecule has 0 unspecified atom stereocenters. The summed E-state index contributed by atoms with van der Waals surface area (Å²) < 4.78 is 0. The van der Waals surface area contributed by atoms with Crippen molar-refractivity contribution in [2.45, 2.75) is 39.5 Å². The number of aromatic nitrogens is 3. The quantitative estimate of drug-likeness (QED) is 0.717. The summed E-state index contributed by atoms with van der Waals surface area (Å²) in [6, 6.07) is 0. The van der Waals surface area contributed by atoms with E-state index in [2.05, 4.69) is 25.8 Å². The fourth-order valence-electron chi connectivity index (χ4n) is 1.27. The van der Waals surface area contributed by atoms with E-state index in [1.165, 1.54) is 0 Å². The summed E-state index contributed by atoms with van der Waals surface area (Å²) in [5.74, 6) is 0.00137. The van der Waals surface area contributed by atoms with Gasteiger partial charge in [0.15, 0.2) is 0 Å². The molecule has 0 aliphatic rings. The number of nitrogens with zero attached hydrogens (tertiary/aromatic N) is 2. The molecule has 1 aromatic rings. The lowest BCUT2D eigenvalue weighted by molar-refractivity contribution is -0.120. The van der Waals surface area contributed by atoms with Crippen LogP contribution in [-0.4, -0.2) is 40.1 Å². The zero-order chi connectivity index (χ0) is 14.5. The molecule has 19 heavy (non-hydrogen) atoms. The number of carbonyl (C=O) groups excluding carboxylic acids is 2. The zero-order valence-electron chi connectivity index (χ0n) is 11.8. The minimum absolute atomic E-state index is 0.0493. The van der Waals surface area contributed by atoms with Gasteiger partial charge in [0, 0.05) is 12.0 Å². The highest BCUT2D eigenvalue weighted by molar-refractivity contribution is 5.93. The Balaban J connectivity index is 2.50. The molecule has 3 N–H and O–H groups in total. The molecule has 106 valence electrons. The second-order valence-corrected chi connectivity index (χ2v) is 5.29. The number of amides is 2. The van der Waals surface area contributed by atoms with E-state index in [9.17, 15) is 9.59 Å². The lowest BCUT2D eigenvalue weighted by Crippen LogP contribution is -2.37. The van der Waals surface area contributed by atoms with Gasteiger partial charge in [-0.1, -0.05) is 27.7 Å². The Kier molecular flexibility index (Phi) is 5.02. The summed E-state index contributed by atoms with van der Waals surface area (Å²) >= 11 is 0. The highest BCUT2D eigenvalue weighted by Gasteiger charge is 2.21.